The quantitative estimate of drug-likeness (QED) is 0.561. The Hall–Kier alpha value is -0.380. The molecule has 0 spiro atoms. The number of ether oxygens (including phenoxy) is 1. The van der Waals surface area contributed by atoms with Gasteiger partial charge in [0.25, 0.3) is 0 Å². The number of esters is 1. The predicted molar refractivity (Wildman–Crippen MR) is 53.2 cm³/mol. The minimum Gasteiger partial charge on any atom is -0.462 e. The highest BCUT2D eigenvalue weighted by atomic mass is 35.5. The maximum absolute atomic E-state index is 13.6. The second-order valence-electron chi connectivity index (χ2n) is 3.60. The average molecular weight is 242 g/mol. The van der Waals surface area contributed by atoms with E-state index in [0.717, 1.165) is 0 Å². The van der Waals surface area contributed by atoms with Crippen molar-refractivity contribution >= 4 is 17.6 Å². The molecule has 0 N–H and O–H groups in total. The van der Waals surface area contributed by atoms with Crippen molar-refractivity contribution < 1.29 is 19.7 Å². The van der Waals surface area contributed by atoms with Gasteiger partial charge in [-0.25, -0.2) is 4.79 Å². The first-order chi connectivity index (χ1) is 7.39. The summed E-state index contributed by atoms with van der Waals surface area (Å²) in [5.74, 6) is -6.37. The van der Waals surface area contributed by atoms with E-state index < -0.39 is 24.2 Å². The Kier molecular flexibility index (Phi) is 3.78. The number of rotatable bonds is 3. The Labute approximate surface area is 94.3 Å². The number of carbonyl (C=O) groups excluding carboxylic acids is 1. The van der Waals surface area contributed by atoms with Gasteiger partial charge in [-0.1, -0.05) is 0 Å². The third-order valence-corrected chi connectivity index (χ3v) is 2.88. The minimum atomic E-state index is -3.57. The average Bonchev–Trinajstić information content (AvgIpc) is 2.17. The lowest BCUT2D eigenvalue weighted by molar-refractivity contribution is -0.181. The van der Waals surface area contributed by atoms with Crippen LogP contribution in [-0.4, -0.2) is 23.9 Å². The van der Waals surface area contributed by atoms with Crippen molar-refractivity contribution in [2.45, 2.75) is 43.9 Å². The molecule has 3 unspecified atom stereocenters. The topological polar surface area (TPSA) is 26.3 Å². The molecule has 0 heterocycles. The molecule has 15 heavy (non-hydrogen) atoms. The van der Waals surface area contributed by atoms with Crippen molar-refractivity contribution in [2.24, 2.45) is 5.92 Å². The molecule has 0 aromatic heterocycles. The van der Waals surface area contributed by atoms with Gasteiger partial charge in [0.15, 0.2) is 0 Å². The van der Waals surface area contributed by atoms with E-state index in [2.05, 4.69) is 4.74 Å². The lowest BCUT2D eigenvalue weighted by atomic mass is 9.84. The molecule has 0 radical (unpaired) electrons. The van der Waals surface area contributed by atoms with E-state index in [1.54, 1.807) is 0 Å². The van der Waals surface area contributed by atoms with Crippen molar-refractivity contribution in [1.29, 1.82) is 0 Å². The van der Waals surface area contributed by atoms with Gasteiger partial charge < -0.3 is 4.74 Å². The third-order valence-electron chi connectivity index (χ3n) is 2.48. The van der Waals surface area contributed by atoms with Gasteiger partial charge in [0, 0.05) is 12.7 Å². The number of carbonyl (C=O) groups is 1. The fourth-order valence-electron chi connectivity index (χ4n) is 1.62. The fourth-order valence-corrected chi connectivity index (χ4v) is 1.84. The molecule has 0 amide bonds. The molecule has 1 saturated carbocycles. The summed E-state index contributed by atoms with van der Waals surface area (Å²) in [6.45, 7) is 1.39. The zero-order chi connectivity index (χ0) is 12.3. The van der Waals surface area contributed by atoms with Crippen LogP contribution in [0.1, 0.15) is 34.0 Å². The highest BCUT2D eigenvalue weighted by Gasteiger charge is 2.49. The molecule has 1 aliphatic rings. The summed E-state index contributed by atoms with van der Waals surface area (Å²) in [5.41, 5.74) is 0. The Morgan fingerprint density at radius 2 is 2.27 bits per heavy atom. The van der Waals surface area contributed by atoms with Crippen molar-refractivity contribution in [1.82, 2.24) is 0 Å². The summed E-state index contributed by atoms with van der Waals surface area (Å²) in [5, 5.41) is -0.239. The third kappa shape index (κ3) is 3.03. The van der Waals surface area contributed by atoms with Crippen molar-refractivity contribution in [2.75, 3.05) is 6.61 Å². The van der Waals surface area contributed by atoms with E-state index in [1.165, 1.54) is 6.92 Å². The van der Waals surface area contributed by atoms with Gasteiger partial charge in [0.2, 0.25) is 0 Å². The molecule has 0 aromatic rings. The first-order valence-corrected chi connectivity index (χ1v) is 5.44. The highest BCUT2D eigenvalue weighted by Crippen LogP contribution is 2.38. The zero-order valence-electron chi connectivity index (χ0n) is 9.51. The smallest absolute Gasteiger partial charge is 0.377 e. The van der Waals surface area contributed by atoms with Crippen LogP contribution in [0.4, 0.5) is 8.78 Å². The van der Waals surface area contributed by atoms with Gasteiger partial charge in [-0.15, -0.1) is 11.6 Å². The molecule has 5 heteroatoms. The summed E-state index contributed by atoms with van der Waals surface area (Å²) >= 11 is 5.79. The van der Waals surface area contributed by atoms with Crippen LogP contribution in [-0.2, 0) is 9.53 Å². The summed E-state index contributed by atoms with van der Waals surface area (Å²) in [7, 11) is 0. The Morgan fingerprint density at radius 1 is 1.60 bits per heavy atom. The van der Waals surface area contributed by atoms with Crippen LogP contribution in [0.3, 0.4) is 0 Å². The standard InChI is InChI=1S/C10H15ClF2O2/c1-2-15-9(14)10(12,13)7-3-5-8(11)6-4-7/h7-8H,2-6H2,1H3/i3D. The molecule has 0 aliphatic heterocycles. The van der Waals surface area contributed by atoms with Gasteiger partial charge in [-0.05, 0) is 32.6 Å². The SMILES string of the molecule is [2H]C1CC(Cl)CCC1C(F)(F)C(=O)OCC. The van der Waals surface area contributed by atoms with E-state index in [9.17, 15) is 13.6 Å². The summed E-state index contributed by atoms with van der Waals surface area (Å²) < 4.78 is 39.2. The van der Waals surface area contributed by atoms with Crippen molar-refractivity contribution in [3.8, 4) is 0 Å². The summed E-state index contributed by atoms with van der Waals surface area (Å²) in [6, 6.07) is 0. The van der Waals surface area contributed by atoms with E-state index in [1.807, 2.05) is 0 Å². The van der Waals surface area contributed by atoms with Crippen LogP contribution in [0.5, 0.6) is 0 Å². The monoisotopic (exact) mass is 241 g/mol. The van der Waals surface area contributed by atoms with Crippen LogP contribution < -0.4 is 0 Å². The first-order valence-electron chi connectivity index (χ1n) is 5.58. The Bertz CT molecular complexity index is 263. The van der Waals surface area contributed by atoms with E-state index in [4.69, 9.17) is 13.0 Å². The first kappa shape index (κ1) is 11.1. The zero-order valence-corrected chi connectivity index (χ0v) is 9.27. The van der Waals surface area contributed by atoms with E-state index in [0.29, 0.717) is 6.42 Å². The minimum absolute atomic E-state index is 0.0814. The highest BCUT2D eigenvalue weighted by molar-refractivity contribution is 6.20. The molecular formula is C10H15ClF2O2. The number of alkyl halides is 3. The maximum Gasteiger partial charge on any atom is 0.377 e. The molecular weight excluding hydrogens is 226 g/mol. The largest absolute Gasteiger partial charge is 0.462 e. The summed E-state index contributed by atoms with van der Waals surface area (Å²) in [6.07, 6.45) is -0.304. The molecule has 1 rings (SSSR count). The van der Waals surface area contributed by atoms with Gasteiger partial charge in [0.05, 0.1) is 6.61 Å². The molecule has 1 fully saturated rings. The molecule has 88 valence electrons. The van der Waals surface area contributed by atoms with Crippen molar-refractivity contribution in [3.05, 3.63) is 0 Å². The van der Waals surface area contributed by atoms with Crippen LogP contribution in [0.25, 0.3) is 0 Å². The lowest BCUT2D eigenvalue weighted by Crippen LogP contribution is -2.40. The molecule has 1 aliphatic carbocycles. The Balaban J connectivity index is 2.71. The van der Waals surface area contributed by atoms with Gasteiger partial charge in [-0.2, -0.15) is 8.78 Å². The van der Waals surface area contributed by atoms with E-state index >= 15 is 0 Å². The van der Waals surface area contributed by atoms with Crippen LogP contribution >= 0.6 is 11.6 Å². The Morgan fingerprint density at radius 3 is 2.80 bits per heavy atom. The molecule has 3 atom stereocenters. The lowest BCUT2D eigenvalue weighted by Gasteiger charge is -2.29. The van der Waals surface area contributed by atoms with Gasteiger partial charge in [-0.3, -0.25) is 0 Å². The van der Waals surface area contributed by atoms with Crippen molar-refractivity contribution in [3.63, 3.8) is 0 Å². The second kappa shape index (κ2) is 5.10. The summed E-state index contributed by atoms with van der Waals surface area (Å²) in [4.78, 5) is 11.1. The fraction of sp³-hybridized carbons (Fsp3) is 0.900. The van der Waals surface area contributed by atoms with Crippen LogP contribution in [0.2, 0.25) is 0 Å². The normalized spacial score (nSPS) is 33.3. The molecule has 0 saturated heterocycles. The number of hydrogen-bond acceptors (Lipinski definition) is 2. The van der Waals surface area contributed by atoms with Crippen LogP contribution in [0, 0.1) is 5.92 Å². The number of halogens is 3. The maximum atomic E-state index is 13.6. The van der Waals surface area contributed by atoms with Crippen LogP contribution in [0.15, 0.2) is 0 Å². The molecule has 0 bridgehead atoms. The van der Waals surface area contributed by atoms with Gasteiger partial charge in [0.1, 0.15) is 0 Å². The molecule has 2 nitrogen and oxygen atoms in total. The van der Waals surface area contributed by atoms with E-state index in [-0.39, 0.29) is 24.8 Å². The van der Waals surface area contributed by atoms with Gasteiger partial charge >= 0.3 is 11.9 Å². The predicted octanol–water partition coefficient (Wildman–Crippen LogP) is 2.98. The number of hydrogen-bond donors (Lipinski definition) is 0. The molecule has 0 aromatic carbocycles. The second-order valence-corrected chi connectivity index (χ2v) is 4.21.